The molecule has 1 aliphatic rings. The zero-order valence-electron chi connectivity index (χ0n) is 11.1. The molecule has 0 heterocycles. The minimum Gasteiger partial charge on any atom is -0.390 e. The van der Waals surface area contributed by atoms with Gasteiger partial charge in [-0.1, -0.05) is 41.0 Å². The highest BCUT2D eigenvalue weighted by Gasteiger charge is 2.39. The van der Waals surface area contributed by atoms with Crippen LogP contribution in [0.1, 0.15) is 66.7 Å². The van der Waals surface area contributed by atoms with Crippen LogP contribution in [0.15, 0.2) is 0 Å². The van der Waals surface area contributed by atoms with Crippen molar-refractivity contribution >= 4 is 0 Å². The first-order valence-electron chi connectivity index (χ1n) is 6.52. The standard InChI is InChI=1S/C14H28O/c1-6-11(2)14(15)9-7-12(8-10-14)13(3,4)5/h11-12,15H,6-10H2,1-5H3. The summed E-state index contributed by atoms with van der Waals surface area (Å²) in [5.41, 5.74) is 0.0489. The Hall–Kier alpha value is -0.0400. The van der Waals surface area contributed by atoms with Gasteiger partial charge in [0.25, 0.3) is 0 Å². The van der Waals surface area contributed by atoms with E-state index in [0.717, 1.165) is 25.2 Å². The first-order chi connectivity index (χ1) is 6.79. The van der Waals surface area contributed by atoms with Crippen molar-refractivity contribution in [2.75, 3.05) is 0 Å². The quantitative estimate of drug-likeness (QED) is 0.733. The molecule has 0 aromatic heterocycles. The van der Waals surface area contributed by atoms with Crippen molar-refractivity contribution in [2.45, 2.75) is 72.3 Å². The molecular formula is C14H28O. The van der Waals surface area contributed by atoms with E-state index >= 15 is 0 Å². The molecule has 0 aliphatic heterocycles. The number of rotatable bonds is 2. The average Bonchev–Trinajstić information content (AvgIpc) is 2.15. The Morgan fingerprint density at radius 1 is 1.27 bits per heavy atom. The summed E-state index contributed by atoms with van der Waals surface area (Å²) in [5, 5.41) is 10.5. The molecule has 1 nitrogen and oxygen atoms in total. The van der Waals surface area contributed by atoms with E-state index in [4.69, 9.17) is 0 Å². The monoisotopic (exact) mass is 212 g/mol. The summed E-state index contributed by atoms with van der Waals surface area (Å²) < 4.78 is 0. The van der Waals surface area contributed by atoms with Crippen LogP contribution in [0, 0.1) is 17.3 Å². The Morgan fingerprint density at radius 3 is 2.07 bits per heavy atom. The molecule has 1 atom stereocenters. The molecule has 15 heavy (non-hydrogen) atoms. The highest BCUT2D eigenvalue weighted by molar-refractivity contribution is 4.91. The minimum atomic E-state index is -0.365. The summed E-state index contributed by atoms with van der Waals surface area (Å²) in [7, 11) is 0. The van der Waals surface area contributed by atoms with Gasteiger partial charge in [-0.25, -0.2) is 0 Å². The first kappa shape index (κ1) is 13.0. The number of hydrogen-bond acceptors (Lipinski definition) is 1. The summed E-state index contributed by atoms with van der Waals surface area (Å²) in [6.45, 7) is 11.3. The lowest BCUT2D eigenvalue weighted by molar-refractivity contribution is -0.0655. The maximum atomic E-state index is 10.5. The molecule has 0 spiro atoms. The zero-order chi connectivity index (χ0) is 11.7. The van der Waals surface area contributed by atoms with Gasteiger partial charge in [-0.15, -0.1) is 0 Å². The molecule has 0 bridgehead atoms. The predicted octanol–water partition coefficient (Wildman–Crippen LogP) is 4.00. The van der Waals surface area contributed by atoms with E-state index in [9.17, 15) is 5.11 Å². The lowest BCUT2D eigenvalue weighted by Gasteiger charge is -2.44. The lowest BCUT2D eigenvalue weighted by atomic mass is 9.65. The minimum absolute atomic E-state index is 0.365. The van der Waals surface area contributed by atoms with E-state index in [1.807, 2.05) is 0 Å². The van der Waals surface area contributed by atoms with Crippen molar-refractivity contribution in [3.05, 3.63) is 0 Å². The fourth-order valence-electron chi connectivity index (χ4n) is 2.86. The van der Waals surface area contributed by atoms with Crippen LogP contribution in [-0.4, -0.2) is 10.7 Å². The van der Waals surface area contributed by atoms with Crippen LogP contribution in [-0.2, 0) is 0 Å². The Morgan fingerprint density at radius 2 is 1.73 bits per heavy atom. The molecule has 1 rings (SSSR count). The third kappa shape index (κ3) is 2.96. The van der Waals surface area contributed by atoms with Crippen LogP contribution in [0.3, 0.4) is 0 Å². The molecule has 0 saturated heterocycles. The normalized spacial score (nSPS) is 35.2. The lowest BCUT2D eigenvalue weighted by Crippen LogP contribution is -2.42. The van der Waals surface area contributed by atoms with Crippen molar-refractivity contribution in [3.63, 3.8) is 0 Å². The molecule has 0 amide bonds. The molecule has 0 aromatic carbocycles. The second kappa shape index (κ2) is 4.45. The smallest absolute Gasteiger partial charge is 0.0673 e. The SMILES string of the molecule is CCC(C)C1(O)CCC(C(C)(C)C)CC1. The van der Waals surface area contributed by atoms with Gasteiger partial charge in [-0.2, -0.15) is 0 Å². The Bertz CT molecular complexity index is 194. The van der Waals surface area contributed by atoms with Gasteiger partial charge in [0.05, 0.1) is 5.60 Å². The molecular weight excluding hydrogens is 184 g/mol. The van der Waals surface area contributed by atoms with Crippen LogP contribution >= 0.6 is 0 Å². The van der Waals surface area contributed by atoms with Crippen molar-refractivity contribution in [2.24, 2.45) is 17.3 Å². The third-order valence-corrected chi connectivity index (χ3v) is 4.61. The average molecular weight is 212 g/mol. The van der Waals surface area contributed by atoms with Crippen LogP contribution in [0.25, 0.3) is 0 Å². The maximum Gasteiger partial charge on any atom is 0.0673 e. The highest BCUT2D eigenvalue weighted by atomic mass is 16.3. The van der Waals surface area contributed by atoms with Crippen molar-refractivity contribution < 1.29 is 5.11 Å². The number of aliphatic hydroxyl groups is 1. The molecule has 1 heteroatoms. The van der Waals surface area contributed by atoms with E-state index in [1.165, 1.54) is 12.8 Å². The van der Waals surface area contributed by atoms with Gasteiger partial charge in [0.2, 0.25) is 0 Å². The van der Waals surface area contributed by atoms with E-state index < -0.39 is 0 Å². The second-order valence-corrected chi connectivity index (χ2v) is 6.55. The van der Waals surface area contributed by atoms with Gasteiger partial charge >= 0.3 is 0 Å². The molecule has 1 unspecified atom stereocenters. The van der Waals surface area contributed by atoms with E-state index in [2.05, 4.69) is 34.6 Å². The van der Waals surface area contributed by atoms with E-state index in [1.54, 1.807) is 0 Å². The topological polar surface area (TPSA) is 20.2 Å². The zero-order valence-corrected chi connectivity index (χ0v) is 11.1. The molecule has 0 aromatic rings. The fraction of sp³-hybridized carbons (Fsp3) is 1.00. The Labute approximate surface area is 95.3 Å². The van der Waals surface area contributed by atoms with E-state index in [-0.39, 0.29) is 5.60 Å². The third-order valence-electron chi connectivity index (χ3n) is 4.61. The summed E-state index contributed by atoms with van der Waals surface area (Å²) in [5.74, 6) is 1.25. The van der Waals surface area contributed by atoms with Crippen LogP contribution in [0.2, 0.25) is 0 Å². The molecule has 1 fully saturated rings. The second-order valence-electron chi connectivity index (χ2n) is 6.55. The Balaban J connectivity index is 2.55. The summed E-state index contributed by atoms with van der Waals surface area (Å²) >= 11 is 0. The maximum absolute atomic E-state index is 10.5. The van der Waals surface area contributed by atoms with Gasteiger partial charge in [0, 0.05) is 0 Å². The molecule has 1 N–H and O–H groups in total. The summed E-state index contributed by atoms with van der Waals surface area (Å²) in [4.78, 5) is 0. The molecule has 90 valence electrons. The molecule has 0 radical (unpaired) electrons. The highest BCUT2D eigenvalue weighted by Crippen LogP contribution is 2.44. The first-order valence-corrected chi connectivity index (χ1v) is 6.52. The van der Waals surface area contributed by atoms with Crippen molar-refractivity contribution in [1.29, 1.82) is 0 Å². The van der Waals surface area contributed by atoms with E-state index in [0.29, 0.717) is 11.3 Å². The van der Waals surface area contributed by atoms with Crippen LogP contribution in [0.4, 0.5) is 0 Å². The van der Waals surface area contributed by atoms with Crippen molar-refractivity contribution in [3.8, 4) is 0 Å². The van der Waals surface area contributed by atoms with Crippen LogP contribution < -0.4 is 0 Å². The molecule has 1 aliphatic carbocycles. The largest absolute Gasteiger partial charge is 0.390 e. The van der Waals surface area contributed by atoms with Gasteiger partial charge in [0.15, 0.2) is 0 Å². The predicted molar refractivity (Wildman–Crippen MR) is 65.8 cm³/mol. The van der Waals surface area contributed by atoms with Gasteiger partial charge in [0.1, 0.15) is 0 Å². The van der Waals surface area contributed by atoms with Gasteiger partial charge in [-0.05, 0) is 42.9 Å². The summed E-state index contributed by atoms with van der Waals surface area (Å²) in [6.07, 6.45) is 5.50. The van der Waals surface area contributed by atoms with Crippen LogP contribution in [0.5, 0.6) is 0 Å². The summed E-state index contributed by atoms with van der Waals surface area (Å²) in [6, 6.07) is 0. The van der Waals surface area contributed by atoms with Gasteiger partial charge in [-0.3, -0.25) is 0 Å². The Kier molecular flexibility index (Phi) is 3.86. The molecule has 1 saturated carbocycles. The number of hydrogen-bond donors (Lipinski definition) is 1. The van der Waals surface area contributed by atoms with Gasteiger partial charge < -0.3 is 5.11 Å². The fourth-order valence-corrected chi connectivity index (χ4v) is 2.86. The van der Waals surface area contributed by atoms with Crippen molar-refractivity contribution in [1.82, 2.24) is 0 Å².